The molecule has 3 N–H and O–H groups in total. The number of rotatable bonds is 13. The fourth-order valence-corrected chi connectivity index (χ4v) is 6.21. The van der Waals surface area contributed by atoms with E-state index in [1.165, 1.54) is 50.5 Å². The molecule has 0 fully saturated rings. The normalized spacial score (nSPS) is 11.0. The number of carbonyl (C=O) groups excluding carboxylic acids is 3. The number of benzene rings is 4. The van der Waals surface area contributed by atoms with Gasteiger partial charge in [-0.05, 0) is 72.3 Å². The number of thiazole rings is 1. The third-order valence-electron chi connectivity index (χ3n) is 6.90. The minimum atomic E-state index is -0.552. The lowest BCUT2D eigenvalue weighted by molar-refractivity contribution is -0.114. The van der Waals surface area contributed by atoms with Crippen molar-refractivity contribution in [2.45, 2.75) is 4.90 Å². The summed E-state index contributed by atoms with van der Waals surface area (Å²) in [6.07, 6.45) is 1.52. The summed E-state index contributed by atoms with van der Waals surface area (Å²) < 4.78 is 17.3. The number of nitrogens with one attached hydrogen (secondary N) is 3. The fourth-order valence-electron chi connectivity index (χ4n) is 4.52. The second-order valence-electron chi connectivity index (χ2n) is 10.2. The van der Waals surface area contributed by atoms with Gasteiger partial charge in [0.05, 0.1) is 32.8 Å². The van der Waals surface area contributed by atoms with E-state index in [9.17, 15) is 14.4 Å². The third-order valence-corrected chi connectivity index (χ3v) is 9.20. The topological polar surface area (TPSA) is 128 Å². The number of halogens is 1. The van der Waals surface area contributed by atoms with E-state index in [4.69, 9.17) is 14.2 Å². The molecule has 1 heterocycles. The van der Waals surface area contributed by atoms with Crippen molar-refractivity contribution in [3.8, 4) is 28.5 Å². The van der Waals surface area contributed by atoms with Crippen molar-refractivity contribution in [2.75, 3.05) is 37.7 Å². The molecule has 5 aromatic rings. The zero-order chi connectivity index (χ0) is 34.8. The summed E-state index contributed by atoms with van der Waals surface area (Å²) in [5, 5.41) is 10.8. The summed E-state index contributed by atoms with van der Waals surface area (Å²) in [6.45, 7) is 0. The van der Waals surface area contributed by atoms with E-state index in [0.29, 0.717) is 39.2 Å². The number of nitrogens with zero attached hydrogens (tertiary/aromatic N) is 1. The number of thioether (sulfide) groups is 1. The molecule has 0 saturated heterocycles. The largest absolute Gasteiger partial charge is 0.493 e. The molecule has 0 aliphatic rings. The molecule has 49 heavy (non-hydrogen) atoms. The Morgan fingerprint density at radius 2 is 1.53 bits per heavy atom. The summed E-state index contributed by atoms with van der Waals surface area (Å²) in [5.41, 5.74) is 3.15. The van der Waals surface area contributed by atoms with Gasteiger partial charge < -0.3 is 30.2 Å². The van der Waals surface area contributed by atoms with Gasteiger partial charge in [-0.25, -0.2) is 4.98 Å². The van der Waals surface area contributed by atoms with Crippen LogP contribution < -0.4 is 30.2 Å². The molecule has 0 radical (unpaired) electrons. The van der Waals surface area contributed by atoms with E-state index in [2.05, 4.69) is 36.9 Å². The molecule has 0 saturated carbocycles. The quantitative estimate of drug-likeness (QED) is 0.0823. The molecule has 0 atom stereocenters. The Bertz CT molecular complexity index is 1940. The van der Waals surface area contributed by atoms with Crippen LogP contribution in [0, 0.1) is 0 Å². The van der Waals surface area contributed by atoms with Crippen molar-refractivity contribution in [1.82, 2.24) is 10.3 Å². The van der Waals surface area contributed by atoms with E-state index in [1.807, 2.05) is 29.6 Å². The second kappa shape index (κ2) is 16.8. The molecule has 13 heteroatoms. The highest BCUT2D eigenvalue weighted by Crippen LogP contribution is 2.38. The Morgan fingerprint density at radius 1 is 0.857 bits per heavy atom. The molecule has 4 aromatic carbocycles. The first-order valence-corrected chi connectivity index (χ1v) is 17.4. The molecule has 5 rings (SSSR count). The Labute approximate surface area is 300 Å². The molecular formula is C36H31BrN4O6S2. The van der Waals surface area contributed by atoms with Crippen molar-refractivity contribution in [2.24, 2.45) is 0 Å². The lowest BCUT2D eigenvalue weighted by Gasteiger charge is -2.15. The maximum absolute atomic E-state index is 13.6. The number of aromatic nitrogens is 1. The Kier molecular flexibility index (Phi) is 12.1. The van der Waals surface area contributed by atoms with E-state index < -0.39 is 11.8 Å². The molecule has 1 aromatic heterocycles. The summed E-state index contributed by atoms with van der Waals surface area (Å²) in [7, 11) is 4.48. The van der Waals surface area contributed by atoms with Crippen molar-refractivity contribution >= 4 is 73.6 Å². The van der Waals surface area contributed by atoms with Crippen LogP contribution in [0.4, 0.5) is 10.8 Å². The van der Waals surface area contributed by atoms with E-state index in [1.54, 1.807) is 66.7 Å². The summed E-state index contributed by atoms with van der Waals surface area (Å²) in [5.74, 6) is 0.153. The molecule has 0 aliphatic heterocycles. The van der Waals surface area contributed by atoms with Crippen LogP contribution >= 0.6 is 39.0 Å². The van der Waals surface area contributed by atoms with Crippen molar-refractivity contribution in [3.63, 3.8) is 0 Å². The molecule has 10 nitrogen and oxygen atoms in total. The number of hydrogen-bond acceptors (Lipinski definition) is 9. The first-order chi connectivity index (χ1) is 23.8. The summed E-state index contributed by atoms with van der Waals surface area (Å²) >= 11 is 6.14. The van der Waals surface area contributed by atoms with Gasteiger partial charge >= 0.3 is 0 Å². The molecule has 0 aliphatic carbocycles. The Balaban J connectivity index is 1.25. The van der Waals surface area contributed by atoms with Crippen molar-refractivity contribution in [3.05, 3.63) is 118 Å². The smallest absolute Gasteiger partial charge is 0.272 e. The maximum Gasteiger partial charge on any atom is 0.272 e. The number of methoxy groups -OCH3 is 3. The van der Waals surface area contributed by atoms with Gasteiger partial charge in [0.25, 0.3) is 11.8 Å². The van der Waals surface area contributed by atoms with Gasteiger partial charge in [0, 0.05) is 31.6 Å². The fraction of sp³-hybridized carbons (Fsp3) is 0.111. The van der Waals surface area contributed by atoms with Gasteiger partial charge in [-0.15, -0.1) is 23.1 Å². The minimum absolute atomic E-state index is 0.0104. The Morgan fingerprint density at radius 3 is 2.16 bits per heavy atom. The predicted octanol–water partition coefficient (Wildman–Crippen LogP) is 7.74. The van der Waals surface area contributed by atoms with Crippen LogP contribution in [0.5, 0.6) is 17.2 Å². The van der Waals surface area contributed by atoms with Gasteiger partial charge in [0.2, 0.25) is 11.7 Å². The first-order valence-electron chi connectivity index (χ1n) is 14.7. The van der Waals surface area contributed by atoms with Crippen LogP contribution in [0.1, 0.15) is 15.9 Å². The number of ether oxygens (including phenoxy) is 3. The van der Waals surface area contributed by atoms with Crippen LogP contribution in [-0.2, 0) is 9.59 Å². The van der Waals surface area contributed by atoms with E-state index in [0.717, 1.165) is 20.6 Å². The average Bonchev–Trinajstić information content (AvgIpc) is 3.59. The van der Waals surface area contributed by atoms with Gasteiger partial charge in [-0.2, -0.15) is 0 Å². The van der Waals surface area contributed by atoms with E-state index >= 15 is 0 Å². The van der Waals surface area contributed by atoms with Crippen molar-refractivity contribution in [1.29, 1.82) is 0 Å². The molecule has 0 unspecified atom stereocenters. The second-order valence-corrected chi connectivity index (χ2v) is 13.0. The summed E-state index contributed by atoms with van der Waals surface area (Å²) in [4.78, 5) is 44.6. The van der Waals surface area contributed by atoms with Crippen LogP contribution in [0.3, 0.4) is 0 Å². The Hall–Kier alpha value is -5.11. The van der Waals surface area contributed by atoms with Crippen LogP contribution in [0.2, 0.25) is 0 Å². The highest BCUT2D eigenvalue weighted by atomic mass is 79.9. The minimum Gasteiger partial charge on any atom is -0.493 e. The molecule has 0 spiro atoms. The lowest BCUT2D eigenvalue weighted by atomic mass is 10.1. The maximum atomic E-state index is 13.6. The third kappa shape index (κ3) is 9.50. The standard InChI is InChI=1S/C36H31BrN4O6S2/c1-45-30-18-22(19-31(46-2)33(30)47-3)17-28(39-34(43)24-7-5-4-6-8-24)35(44)38-26-13-15-27(16-14-26)48-21-32(42)41-36-40-29(20-49-36)23-9-11-25(37)12-10-23/h4-20H,21H2,1-3H3,(H,38,44)(H,39,43)(H,40,41,42)/b28-17-. The SMILES string of the molecule is COc1cc(/C=C(\NC(=O)c2ccccc2)C(=O)Nc2ccc(SCC(=O)Nc3nc(-c4ccc(Br)cc4)cs3)cc2)cc(OC)c1OC. The highest BCUT2D eigenvalue weighted by Gasteiger charge is 2.18. The predicted molar refractivity (Wildman–Crippen MR) is 198 cm³/mol. The molecule has 0 bridgehead atoms. The summed E-state index contributed by atoms with van der Waals surface area (Å²) in [6, 6.07) is 26.8. The molecular weight excluding hydrogens is 728 g/mol. The number of anilines is 2. The van der Waals surface area contributed by atoms with Crippen molar-refractivity contribution < 1.29 is 28.6 Å². The lowest BCUT2D eigenvalue weighted by Crippen LogP contribution is -2.30. The van der Waals surface area contributed by atoms with Gasteiger partial charge in [0.15, 0.2) is 16.6 Å². The average molecular weight is 760 g/mol. The van der Waals surface area contributed by atoms with E-state index in [-0.39, 0.29) is 17.4 Å². The molecule has 3 amide bonds. The number of carbonyl (C=O) groups is 3. The van der Waals surface area contributed by atoms with Gasteiger partial charge in [0.1, 0.15) is 5.70 Å². The van der Waals surface area contributed by atoms with Crippen LogP contribution in [0.25, 0.3) is 17.3 Å². The number of amides is 3. The first kappa shape index (κ1) is 35.2. The highest BCUT2D eigenvalue weighted by molar-refractivity contribution is 9.10. The zero-order valence-corrected chi connectivity index (χ0v) is 29.8. The van der Waals surface area contributed by atoms with Gasteiger partial charge in [-0.1, -0.05) is 46.3 Å². The molecule has 250 valence electrons. The van der Waals surface area contributed by atoms with Gasteiger partial charge in [-0.3, -0.25) is 14.4 Å². The monoisotopic (exact) mass is 758 g/mol. The van der Waals surface area contributed by atoms with Crippen LogP contribution in [0.15, 0.2) is 111 Å². The van der Waals surface area contributed by atoms with Crippen LogP contribution in [-0.4, -0.2) is 49.8 Å². The number of hydrogen-bond donors (Lipinski definition) is 3. The zero-order valence-electron chi connectivity index (χ0n) is 26.6.